The first-order valence-corrected chi connectivity index (χ1v) is 26.5. The normalized spacial score (nSPS) is 14.8. The summed E-state index contributed by atoms with van der Waals surface area (Å²) in [5, 5.41) is 4.58. The molecular formula is C68H59BN2O2. The number of para-hydroxylation sites is 4. The molecule has 0 saturated heterocycles. The summed E-state index contributed by atoms with van der Waals surface area (Å²) in [6.45, 7) is 14.1. The molecule has 356 valence electrons. The first-order chi connectivity index (χ1) is 35.5. The number of hydrogen-bond acceptors (Lipinski definition) is 4. The van der Waals surface area contributed by atoms with E-state index >= 15 is 0 Å². The summed E-state index contributed by atoms with van der Waals surface area (Å²) in [6, 6.07) is 68.3. The van der Waals surface area contributed by atoms with E-state index in [0.717, 1.165) is 77.5 Å². The lowest BCUT2D eigenvalue weighted by Crippen LogP contribution is -2.61. The minimum Gasteiger partial charge on any atom is -0.455 e. The Morgan fingerprint density at radius 1 is 0.425 bits per heavy atom. The van der Waals surface area contributed by atoms with Crippen molar-refractivity contribution < 1.29 is 8.83 Å². The van der Waals surface area contributed by atoms with E-state index in [0.29, 0.717) is 5.92 Å². The Labute approximate surface area is 429 Å². The van der Waals surface area contributed by atoms with Crippen molar-refractivity contribution in [1.82, 2.24) is 0 Å². The van der Waals surface area contributed by atoms with Crippen LogP contribution in [-0.4, -0.2) is 6.71 Å². The van der Waals surface area contributed by atoms with Crippen molar-refractivity contribution in [3.8, 4) is 22.3 Å². The molecule has 1 saturated carbocycles. The largest absolute Gasteiger partial charge is 0.455 e. The van der Waals surface area contributed by atoms with E-state index in [9.17, 15) is 0 Å². The van der Waals surface area contributed by atoms with Gasteiger partial charge in [0.25, 0.3) is 6.71 Å². The molecule has 9 aromatic carbocycles. The molecule has 4 heterocycles. The number of rotatable bonds is 5. The van der Waals surface area contributed by atoms with Gasteiger partial charge in [0.1, 0.15) is 22.3 Å². The molecule has 0 N–H and O–H groups in total. The van der Waals surface area contributed by atoms with Gasteiger partial charge >= 0.3 is 0 Å². The highest BCUT2D eigenvalue weighted by Crippen LogP contribution is 2.49. The third-order valence-corrected chi connectivity index (χ3v) is 16.6. The van der Waals surface area contributed by atoms with E-state index in [1.165, 1.54) is 87.9 Å². The van der Waals surface area contributed by atoms with E-state index in [-0.39, 0.29) is 17.5 Å². The predicted molar refractivity (Wildman–Crippen MR) is 309 cm³/mol. The van der Waals surface area contributed by atoms with Gasteiger partial charge in [-0.1, -0.05) is 182 Å². The van der Waals surface area contributed by atoms with Crippen LogP contribution >= 0.6 is 0 Å². The molecule has 0 atom stereocenters. The predicted octanol–water partition coefficient (Wildman–Crippen LogP) is 17.5. The van der Waals surface area contributed by atoms with Gasteiger partial charge in [-0.05, 0) is 134 Å². The van der Waals surface area contributed by atoms with Crippen LogP contribution in [0.15, 0.2) is 191 Å². The van der Waals surface area contributed by atoms with Crippen LogP contribution in [0.25, 0.3) is 66.1 Å². The van der Waals surface area contributed by atoms with E-state index in [2.05, 4.69) is 233 Å². The number of anilines is 6. The molecule has 1 fully saturated rings. The third-order valence-electron chi connectivity index (χ3n) is 16.6. The van der Waals surface area contributed by atoms with Crippen molar-refractivity contribution in [3.05, 3.63) is 199 Å². The van der Waals surface area contributed by atoms with E-state index in [4.69, 9.17) is 8.83 Å². The molecule has 0 spiro atoms. The second kappa shape index (κ2) is 16.4. The zero-order chi connectivity index (χ0) is 49.3. The Morgan fingerprint density at radius 2 is 0.918 bits per heavy atom. The fraction of sp³-hybridized carbons (Fsp3) is 0.206. The molecule has 0 radical (unpaired) electrons. The van der Waals surface area contributed by atoms with E-state index in [1.54, 1.807) is 0 Å². The van der Waals surface area contributed by atoms with Gasteiger partial charge in [-0.25, -0.2) is 0 Å². The lowest BCUT2D eigenvalue weighted by atomic mass is 9.33. The zero-order valence-electron chi connectivity index (χ0n) is 42.7. The zero-order valence-corrected chi connectivity index (χ0v) is 42.7. The molecule has 2 aliphatic heterocycles. The number of fused-ring (bicyclic) bond motifs is 10. The van der Waals surface area contributed by atoms with Gasteiger partial charge in [-0.3, -0.25) is 0 Å². The van der Waals surface area contributed by atoms with E-state index in [1.807, 2.05) is 0 Å². The Kier molecular flexibility index (Phi) is 9.87. The minimum atomic E-state index is -0.0476. The Hall–Kier alpha value is -7.76. The maximum Gasteiger partial charge on any atom is 0.252 e. The molecule has 14 rings (SSSR count). The Morgan fingerprint density at radius 3 is 1.47 bits per heavy atom. The molecule has 0 bridgehead atoms. The van der Waals surface area contributed by atoms with Crippen LogP contribution in [0.2, 0.25) is 0 Å². The summed E-state index contributed by atoms with van der Waals surface area (Å²) < 4.78 is 13.1. The molecule has 2 aromatic heterocycles. The average Bonchev–Trinajstić information content (AvgIpc) is 3.99. The lowest BCUT2D eigenvalue weighted by Gasteiger charge is -2.45. The van der Waals surface area contributed by atoms with Gasteiger partial charge in [-0.15, -0.1) is 0 Å². The monoisotopic (exact) mass is 946 g/mol. The summed E-state index contributed by atoms with van der Waals surface area (Å²) in [5.41, 5.74) is 23.6. The quantitative estimate of drug-likeness (QED) is 0.161. The second-order valence-electron chi connectivity index (χ2n) is 23.1. The molecule has 5 heteroatoms. The number of hydrogen-bond donors (Lipinski definition) is 0. The number of furan rings is 2. The molecular weight excluding hydrogens is 888 g/mol. The molecule has 3 aliphatic rings. The van der Waals surface area contributed by atoms with Crippen molar-refractivity contribution in [2.45, 2.75) is 90.4 Å². The standard InChI is InChI=1S/C68H59BN2O2/c1-67(2,3)46-31-37-58-57(40-46)69-56-36-30-47(68(4,5)6)41-59(56)71(49-34-28-44(29-35-49)51-21-15-23-55-53-19-11-13-25-63(53)73-66(51)55)61-39-45(42-16-8-7-9-17-42)38-60(64(61)69)70(58)48-32-26-43(27-33-48)50-20-14-22-54-52-18-10-12-24-62(52)72-65(50)54/h10-15,18-42H,7-9,16-17H2,1-6H3. The highest BCUT2D eigenvalue weighted by Gasteiger charge is 2.45. The van der Waals surface area contributed by atoms with Crippen molar-refractivity contribution in [1.29, 1.82) is 0 Å². The topological polar surface area (TPSA) is 32.8 Å². The summed E-state index contributed by atoms with van der Waals surface area (Å²) in [6.07, 6.45) is 6.26. The first kappa shape index (κ1) is 44.0. The fourth-order valence-electron chi connectivity index (χ4n) is 12.7. The Balaban J connectivity index is 0.990. The first-order valence-electron chi connectivity index (χ1n) is 26.5. The summed E-state index contributed by atoms with van der Waals surface area (Å²) in [4.78, 5) is 5.21. The SMILES string of the molecule is CC(C)(C)c1ccc2c(c1)B1c3ccc(C(C)(C)C)cc3N(c3ccc(-c4cccc5c4oc4ccccc45)cc3)c3cc(C4CCCCC4)cc(c31)N2c1ccc(-c2cccc3c2oc2ccccc23)cc1. The third kappa shape index (κ3) is 7.02. The maximum atomic E-state index is 6.58. The summed E-state index contributed by atoms with van der Waals surface area (Å²) in [5.74, 6) is 0.489. The summed E-state index contributed by atoms with van der Waals surface area (Å²) >= 11 is 0. The number of nitrogens with zero attached hydrogens (tertiary/aromatic N) is 2. The fourth-order valence-corrected chi connectivity index (χ4v) is 12.7. The van der Waals surface area contributed by atoms with Gasteiger partial charge in [-0.2, -0.15) is 0 Å². The van der Waals surface area contributed by atoms with Crippen molar-refractivity contribution in [2.24, 2.45) is 0 Å². The number of benzene rings is 9. The van der Waals surface area contributed by atoms with E-state index < -0.39 is 0 Å². The van der Waals surface area contributed by atoms with Crippen LogP contribution in [0, 0.1) is 0 Å². The molecule has 0 unspecified atom stereocenters. The molecule has 0 amide bonds. The van der Waals surface area contributed by atoms with Gasteiger partial charge in [0, 0.05) is 66.8 Å². The van der Waals surface area contributed by atoms with Gasteiger partial charge in [0.15, 0.2) is 0 Å². The second-order valence-corrected chi connectivity index (χ2v) is 23.1. The van der Waals surface area contributed by atoms with Gasteiger partial charge < -0.3 is 18.6 Å². The van der Waals surface area contributed by atoms with Gasteiger partial charge in [0.2, 0.25) is 0 Å². The average molecular weight is 947 g/mol. The molecule has 1 aliphatic carbocycles. The minimum absolute atomic E-state index is 0.0224. The molecule has 73 heavy (non-hydrogen) atoms. The van der Waals surface area contributed by atoms with Crippen LogP contribution in [0.4, 0.5) is 34.1 Å². The van der Waals surface area contributed by atoms with Crippen LogP contribution in [-0.2, 0) is 10.8 Å². The molecule has 4 nitrogen and oxygen atoms in total. The van der Waals surface area contributed by atoms with Crippen LogP contribution in [0.5, 0.6) is 0 Å². The maximum absolute atomic E-state index is 6.58. The van der Waals surface area contributed by atoms with Crippen molar-refractivity contribution in [2.75, 3.05) is 9.80 Å². The highest BCUT2D eigenvalue weighted by atomic mass is 16.3. The molecule has 11 aromatic rings. The van der Waals surface area contributed by atoms with Crippen LogP contribution < -0.4 is 26.2 Å². The van der Waals surface area contributed by atoms with Crippen molar-refractivity contribution >= 4 is 101 Å². The van der Waals surface area contributed by atoms with Crippen LogP contribution in [0.3, 0.4) is 0 Å². The lowest BCUT2D eigenvalue weighted by molar-refractivity contribution is 0.444. The Bertz CT molecular complexity index is 3990. The van der Waals surface area contributed by atoms with Crippen molar-refractivity contribution in [3.63, 3.8) is 0 Å². The smallest absolute Gasteiger partial charge is 0.252 e. The van der Waals surface area contributed by atoms with Crippen LogP contribution in [0.1, 0.15) is 96.3 Å². The van der Waals surface area contributed by atoms with Gasteiger partial charge in [0.05, 0.1) is 0 Å². The highest BCUT2D eigenvalue weighted by molar-refractivity contribution is 7.00. The summed E-state index contributed by atoms with van der Waals surface area (Å²) in [7, 11) is 0.